The zero-order chi connectivity index (χ0) is 23.8. The van der Waals surface area contributed by atoms with Gasteiger partial charge in [0, 0.05) is 55.2 Å². The van der Waals surface area contributed by atoms with Gasteiger partial charge >= 0.3 is 0 Å². The van der Waals surface area contributed by atoms with Crippen LogP contribution in [0.15, 0.2) is 72.8 Å². The molecule has 0 fully saturated rings. The van der Waals surface area contributed by atoms with Crippen LogP contribution in [0.5, 0.6) is 5.75 Å². The first-order chi connectivity index (χ1) is 15.7. The Morgan fingerprint density at radius 1 is 1.00 bits per heavy atom. The molecule has 0 saturated carbocycles. The molecule has 6 heteroatoms. The molecule has 0 aromatic heterocycles. The van der Waals surface area contributed by atoms with Gasteiger partial charge in [0.25, 0.3) is 5.69 Å². The molecule has 33 heavy (non-hydrogen) atoms. The number of hydrogen-bond donors (Lipinski definition) is 0. The van der Waals surface area contributed by atoms with Gasteiger partial charge in [0.15, 0.2) is 12.3 Å². The Kier molecular flexibility index (Phi) is 5.77. The van der Waals surface area contributed by atoms with E-state index in [1.165, 1.54) is 18.2 Å². The van der Waals surface area contributed by atoms with Crippen molar-refractivity contribution in [1.29, 1.82) is 0 Å². The Balaban J connectivity index is 1.79. The van der Waals surface area contributed by atoms with Gasteiger partial charge in [0.2, 0.25) is 5.69 Å². The normalized spacial score (nSPS) is 14.5. The summed E-state index contributed by atoms with van der Waals surface area (Å²) in [5.41, 5.74) is 5.43. The minimum Gasteiger partial charge on any atom is -0.872 e. The average Bonchev–Trinajstić information content (AvgIpc) is 3.00. The number of non-ortho nitro benzene ring substituents is 1. The van der Waals surface area contributed by atoms with Gasteiger partial charge in [0.05, 0.1) is 10.3 Å². The molecular formula is C27H27N3O3. The summed E-state index contributed by atoms with van der Waals surface area (Å²) in [5, 5.41) is 23.8. The number of allylic oxidation sites excluding steroid dienone is 1. The van der Waals surface area contributed by atoms with Gasteiger partial charge in [-0.15, -0.1) is 0 Å². The van der Waals surface area contributed by atoms with Crippen LogP contribution in [0.25, 0.3) is 6.08 Å². The van der Waals surface area contributed by atoms with Crippen molar-refractivity contribution in [2.45, 2.75) is 25.8 Å². The molecule has 0 radical (unpaired) electrons. The molecule has 3 aromatic carbocycles. The monoisotopic (exact) mass is 441 g/mol. The highest BCUT2D eigenvalue weighted by atomic mass is 16.6. The molecule has 168 valence electrons. The lowest BCUT2D eigenvalue weighted by Crippen LogP contribution is -2.27. The van der Waals surface area contributed by atoms with Gasteiger partial charge in [-0.25, -0.2) is 0 Å². The largest absolute Gasteiger partial charge is 0.872 e. The zero-order valence-corrected chi connectivity index (χ0v) is 19.3. The van der Waals surface area contributed by atoms with E-state index in [0.717, 1.165) is 28.2 Å². The predicted octanol–water partition coefficient (Wildman–Crippen LogP) is 5.02. The molecule has 0 amide bonds. The van der Waals surface area contributed by atoms with Gasteiger partial charge in [0.1, 0.15) is 0 Å². The lowest BCUT2D eigenvalue weighted by atomic mass is 9.81. The number of fused-ring (bicyclic) bond motifs is 1. The van der Waals surface area contributed by atoms with Crippen molar-refractivity contribution in [3.8, 4) is 5.75 Å². The fraction of sp³-hybridized carbons (Fsp3) is 0.222. The van der Waals surface area contributed by atoms with E-state index >= 15 is 0 Å². The van der Waals surface area contributed by atoms with E-state index in [1.54, 1.807) is 0 Å². The van der Waals surface area contributed by atoms with Crippen molar-refractivity contribution in [3.63, 3.8) is 0 Å². The van der Waals surface area contributed by atoms with Crippen LogP contribution >= 0.6 is 0 Å². The van der Waals surface area contributed by atoms with Crippen LogP contribution in [0.4, 0.5) is 17.1 Å². The van der Waals surface area contributed by atoms with E-state index in [2.05, 4.69) is 65.8 Å². The Labute approximate surface area is 193 Å². The molecular weight excluding hydrogens is 414 g/mol. The molecule has 0 saturated heterocycles. The van der Waals surface area contributed by atoms with Gasteiger partial charge in [-0.1, -0.05) is 42.1 Å². The summed E-state index contributed by atoms with van der Waals surface area (Å²) in [7, 11) is 4.02. The van der Waals surface area contributed by atoms with Crippen LogP contribution in [0, 0.1) is 10.1 Å². The third kappa shape index (κ3) is 4.24. The third-order valence-corrected chi connectivity index (χ3v) is 6.23. The predicted molar refractivity (Wildman–Crippen MR) is 130 cm³/mol. The van der Waals surface area contributed by atoms with Gasteiger partial charge in [-0.2, -0.15) is 4.58 Å². The number of para-hydroxylation sites is 1. The number of anilines is 1. The highest BCUT2D eigenvalue weighted by Gasteiger charge is 2.44. The molecule has 3 aromatic rings. The summed E-state index contributed by atoms with van der Waals surface area (Å²) in [4.78, 5) is 12.9. The molecule has 0 N–H and O–H groups in total. The molecule has 0 bridgehead atoms. The number of nitro groups is 1. The van der Waals surface area contributed by atoms with Crippen molar-refractivity contribution in [3.05, 3.63) is 99.6 Å². The SMILES string of the molecule is CN(C)c1ccc(/C=C/C2=[N+](Cc3cc([N+](=O)[O-])ccc3[O-])c3ccccc3C2(C)C)cc1. The maximum absolute atomic E-state index is 12.5. The third-order valence-electron chi connectivity index (χ3n) is 6.23. The number of nitrogens with zero attached hydrogens (tertiary/aromatic N) is 3. The summed E-state index contributed by atoms with van der Waals surface area (Å²) in [6.07, 6.45) is 4.16. The molecule has 4 rings (SSSR count). The van der Waals surface area contributed by atoms with E-state index in [9.17, 15) is 15.2 Å². The first-order valence-corrected chi connectivity index (χ1v) is 10.8. The summed E-state index contributed by atoms with van der Waals surface area (Å²) in [6.45, 7) is 4.58. The smallest absolute Gasteiger partial charge is 0.269 e. The Bertz CT molecular complexity index is 1270. The summed E-state index contributed by atoms with van der Waals surface area (Å²) in [5.74, 6) is -0.203. The lowest BCUT2D eigenvalue weighted by Gasteiger charge is -2.16. The minimum atomic E-state index is -0.466. The first-order valence-electron chi connectivity index (χ1n) is 10.8. The summed E-state index contributed by atoms with van der Waals surface area (Å²) in [6, 6.07) is 20.3. The maximum Gasteiger partial charge on any atom is 0.269 e. The van der Waals surface area contributed by atoms with Crippen LogP contribution in [0.1, 0.15) is 30.5 Å². The second-order valence-corrected chi connectivity index (χ2v) is 8.98. The quantitative estimate of drug-likeness (QED) is 0.306. The first kappa shape index (κ1) is 22.3. The van der Waals surface area contributed by atoms with E-state index in [4.69, 9.17) is 0 Å². The topological polar surface area (TPSA) is 72.5 Å². The number of benzene rings is 3. The maximum atomic E-state index is 12.5. The van der Waals surface area contributed by atoms with Crippen molar-refractivity contribution in [2.75, 3.05) is 19.0 Å². The standard InChI is InChI=1S/C27H27N3O3/c1-27(2)23-7-5-6-8-24(23)29(18-20-17-22(30(32)33)14-15-25(20)31)26(27)16-11-19-9-12-21(13-10-19)28(3)4/h5-17H,18H2,1-4H3. The molecule has 1 aliphatic heterocycles. The van der Waals surface area contributed by atoms with Crippen molar-refractivity contribution in [1.82, 2.24) is 0 Å². The minimum absolute atomic E-state index is 0.0746. The number of hydrogen-bond acceptors (Lipinski definition) is 4. The molecule has 1 heterocycles. The van der Waals surface area contributed by atoms with Crippen molar-refractivity contribution >= 4 is 28.8 Å². The van der Waals surface area contributed by atoms with Crippen LogP contribution in [0.3, 0.4) is 0 Å². The van der Waals surface area contributed by atoms with E-state index in [0.29, 0.717) is 5.56 Å². The fourth-order valence-electron chi connectivity index (χ4n) is 4.34. The van der Waals surface area contributed by atoms with E-state index in [-0.39, 0.29) is 23.4 Å². The summed E-state index contributed by atoms with van der Waals surface area (Å²) >= 11 is 0. The second kappa shape index (κ2) is 8.54. The molecule has 0 aliphatic carbocycles. The van der Waals surface area contributed by atoms with Crippen LogP contribution < -0.4 is 10.0 Å². The zero-order valence-electron chi connectivity index (χ0n) is 19.3. The Morgan fingerprint density at radius 3 is 2.36 bits per heavy atom. The molecule has 0 unspecified atom stereocenters. The van der Waals surface area contributed by atoms with Gasteiger partial charge in [-0.05, 0) is 37.6 Å². The van der Waals surface area contributed by atoms with Crippen LogP contribution in [-0.2, 0) is 12.0 Å². The number of rotatable bonds is 6. The highest BCUT2D eigenvalue weighted by molar-refractivity contribution is 6.05. The number of nitro benzene ring substituents is 1. The molecule has 1 aliphatic rings. The van der Waals surface area contributed by atoms with Crippen LogP contribution in [-0.4, -0.2) is 29.3 Å². The van der Waals surface area contributed by atoms with E-state index < -0.39 is 4.92 Å². The van der Waals surface area contributed by atoms with Crippen LogP contribution in [0.2, 0.25) is 0 Å². The highest BCUT2D eigenvalue weighted by Crippen LogP contribution is 2.41. The fourth-order valence-corrected chi connectivity index (χ4v) is 4.34. The van der Waals surface area contributed by atoms with E-state index in [1.807, 2.05) is 32.3 Å². The molecule has 0 spiro atoms. The second-order valence-electron chi connectivity index (χ2n) is 8.98. The molecule has 0 atom stereocenters. The van der Waals surface area contributed by atoms with Gasteiger partial charge in [-0.3, -0.25) is 10.1 Å². The lowest BCUT2D eigenvalue weighted by molar-refractivity contribution is -0.456. The Hall–Kier alpha value is -3.93. The summed E-state index contributed by atoms with van der Waals surface area (Å²) < 4.78 is 2.10. The Morgan fingerprint density at radius 2 is 1.70 bits per heavy atom. The van der Waals surface area contributed by atoms with Gasteiger partial charge < -0.3 is 10.0 Å². The molecule has 6 nitrogen and oxygen atoms in total. The average molecular weight is 442 g/mol. The van der Waals surface area contributed by atoms with Crippen molar-refractivity contribution in [2.24, 2.45) is 0 Å². The van der Waals surface area contributed by atoms with Crippen molar-refractivity contribution < 1.29 is 14.6 Å².